The number of hydrogen-bond donors (Lipinski definition) is 1. The lowest BCUT2D eigenvalue weighted by molar-refractivity contribution is -0.115. The predicted octanol–water partition coefficient (Wildman–Crippen LogP) is 0.443. The molecule has 0 heterocycles. The molecule has 0 spiro atoms. The van der Waals surface area contributed by atoms with Crippen molar-refractivity contribution in [3.8, 4) is 0 Å². The molecule has 0 aliphatic heterocycles. The summed E-state index contributed by atoms with van der Waals surface area (Å²) in [4.78, 5) is 10.4. The molecular formula is C5H5ClO2. The van der Waals surface area contributed by atoms with Crippen LogP contribution in [0.4, 0.5) is 0 Å². The zero-order valence-electron chi connectivity index (χ0n) is 4.10. The number of ketones is 1. The fourth-order valence-corrected chi connectivity index (χ4v) is 0.831. The van der Waals surface area contributed by atoms with E-state index in [1.54, 1.807) is 0 Å². The van der Waals surface area contributed by atoms with Gasteiger partial charge in [-0.15, -0.1) is 0 Å². The van der Waals surface area contributed by atoms with E-state index in [4.69, 9.17) is 16.7 Å². The van der Waals surface area contributed by atoms with Crippen LogP contribution >= 0.6 is 11.6 Å². The van der Waals surface area contributed by atoms with Crippen LogP contribution in [0.1, 0.15) is 6.42 Å². The summed E-state index contributed by atoms with van der Waals surface area (Å²) in [7, 11) is 0. The van der Waals surface area contributed by atoms with Gasteiger partial charge in [-0.3, -0.25) is 4.79 Å². The Bertz CT molecular complexity index is 151. The first-order valence-corrected chi connectivity index (χ1v) is 2.66. The summed E-state index contributed by atoms with van der Waals surface area (Å²) in [5.41, 5.74) is 0. The van der Waals surface area contributed by atoms with Gasteiger partial charge in [-0.2, -0.15) is 0 Å². The minimum Gasteiger partial charge on any atom is -0.389 e. The molecule has 0 saturated carbocycles. The van der Waals surface area contributed by atoms with E-state index in [1.807, 2.05) is 0 Å². The molecule has 0 aromatic carbocycles. The third-order valence-electron chi connectivity index (χ3n) is 1.000. The van der Waals surface area contributed by atoms with Gasteiger partial charge in [-0.1, -0.05) is 11.6 Å². The molecule has 1 aliphatic rings. The summed E-state index contributed by atoms with van der Waals surface area (Å²) in [6, 6.07) is 0. The van der Waals surface area contributed by atoms with E-state index in [1.165, 1.54) is 6.08 Å². The predicted molar refractivity (Wildman–Crippen MR) is 29.6 cm³/mol. The molecule has 0 aromatic heterocycles. The summed E-state index contributed by atoms with van der Waals surface area (Å²) in [6.45, 7) is 0. The van der Waals surface area contributed by atoms with Crippen LogP contribution in [0.5, 0.6) is 0 Å². The van der Waals surface area contributed by atoms with Crippen molar-refractivity contribution in [3.63, 3.8) is 0 Å². The fraction of sp³-hybridized carbons (Fsp3) is 0.400. The van der Waals surface area contributed by atoms with Crippen LogP contribution in [-0.4, -0.2) is 17.0 Å². The second kappa shape index (κ2) is 1.88. The third kappa shape index (κ3) is 0.904. The second-order valence-corrected chi connectivity index (χ2v) is 2.12. The summed E-state index contributed by atoms with van der Waals surface area (Å²) < 4.78 is 0. The molecule has 1 unspecified atom stereocenters. The maximum absolute atomic E-state index is 10.4. The maximum atomic E-state index is 10.4. The van der Waals surface area contributed by atoms with E-state index in [2.05, 4.69) is 0 Å². The summed E-state index contributed by atoms with van der Waals surface area (Å²) in [6.07, 6.45) is 0.859. The maximum Gasteiger partial charge on any atom is 0.176 e. The highest BCUT2D eigenvalue weighted by Crippen LogP contribution is 2.16. The molecule has 1 atom stereocenters. The summed E-state index contributed by atoms with van der Waals surface area (Å²) in [5.74, 6) is -0.167. The van der Waals surface area contributed by atoms with Crippen molar-refractivity contribution in [2.24, 2.45) is 0 Å². The molecule has 0 amide bonds. The number of rotatable bonds is 0. The molecule has 1 aliphatic carbocycles. The molecule has 8 heavy (non-hydrogen) atoms. The topological polar surface area (TPSA) is 37.3 Å². The van der Waals surface area contributed by atoms with Gasteiger partial charge in [0.1, 0.15) is 0 Å². The van der Waals surface area contributed by atoms with Crippen molar-refractivity contribution in [2.75, 3.05) is 0 Å². The number of hydrogen-bond acceptors (Lipinski definition) is 2. The van der Waals surface area contributed by atoms with Gasteiger partial charge in [0.25, 0.3) is 0 Å². The smallest absolute Gasteiger partial charge is 0.176 e. The Hall–Kier alpha value is -0.340. The molecule has 1 rings (SSSR count). The normalized spacial score (nSPS) is 28.5. The average molecular weight is 133 g/mol. The molecule has 1 N–H and O–H groups in total. The average Bonchev–Trinajstić information content (AvgIpc) is 1.85. The molecular weight excluding hydrogens is 128 g/mol. The number of aliphatic hydroxyl groups is 1. The number of Topliss-reactive ketones (excluding diaryl/α,β-unsaturated/α-hetero) is 1. The minimum absolute atomic E-state index is 0.152. The highest BCUT2D eigenvalue weighted by molar-refractivity contribution is 6.43. The SMILES string of the molecule is O=C1CC(O)C=C1Cl. The summed E-state index contributed by atoms with van der Waals surface area (Å²) >= 11 is 5.31. The molecule has 44 valence electrons. The Kier molecular flexibility index (Phi) is 1.36. The van der Waals surface area contributed by atoms with E-state index in [0.29, 0.717) is 0 Å². The van der Waals surface area contributed by atoms with Crippen LogP contribution in [0.3, 0.4) is 0 Å². The van der Waals surface area contributed by atoms with Crippen LogP contribution in [0, 0.1) is 0 Å². The Morgan fingerprint density at radius 2 is 2.50 bits per heavy atom. The van der Waals surface area contributed by atoms with E-state index in [0.717, 1.165) is 0 Å². The van der Waals surface area contributed by atoms with Gasteiger partial charge in [0.05, 0.1) is 11.1 Å². The number of halogens is 1. The fourth-order valence-electron chi connectivity index (χ4n) is 0.608. The van der Waals surface area contributed by atoms with Crippen LogP contribution in [0.2, 0.25) is 0 Å². The van der Waals surface area contributed by atoms with Gasteiger partial charge in [0.2, 0.25) is 0 Å². The van der Waals surface area contributed by atoms with Crippen molar-refractivity contribution >= 4 is 17.4 Å². The van der Waals surface area contributed by atoms with E-state index in [-0.39, 0.29) is 17.2 Å². The van der Waals surface area contributed by atoms with Gasteiger partial charge >= 0.3 is 0 Å². The first-order chi connectivity index (χ1) is 3.70. The first-order valence-electron chi connectivity index (χ1n) is 2.29. The Morgan fingerprint density at radius 3 is 2.62 bits per heavy atom. The second-order valence-electron chi connectivity index (χ2n) is 1.71. The van der Waals surface area contributed by atoms with E-state index >= 15 is 0 Å². The lowest BCUT2D eigenvalue weighted by atomic mass is 10.3. The highest BCUT2D eigenvalue weighted by atomic mass is 35.5. The van der Waals surface area contributed by atoms with Gasteiger partial charge in [0, 0.05) is 6.42 Å². The van der Waals surface area contributed by atoms with Crippen molar-refractivity contribution in [3.05, 3.63) is 11.1 Å². The molecule has 0 fully saturated rings. The minimum atomic E-state index is -0.644. The Balaban J connectivity index is 2.73. The zero-order valence-corrected chi connectivity index (χ0v) is 4.85. The molecule has 0 aromatic rings. The molecule has 0 saturated heterocycles. The van der Waals surface area contributed by atoms with Gasteiger partial charge < -0.3 is 5.11 Å². The number of allylic oxidation sites excluding steroid dienone is 1. The molecule has 0 bridgehead atoms. The first kappa shape index (κ1) is 5.79. The van der Waals surface area contributed by atoms with Gasteiger partial charge in [-0.05, 0) is 6.08 Å². The Labute approximate surface area is 51.8 Å². The van der Waals surface area contributed by atoms with E-state index < -0.39 is 6.10 Å². The number of carbonyl (C=O) groups is 1. The van der Waals surface area contributed by atoms with Crippen molar-refractivity contribution in [2.45, 2.75) is 12.5 Å². The van der Waals surface area contributed by atoms with Gasteiger partial charge in [0.15, 0.2) is 5.78 Å². The van der Waals surface area contributed by atoms with Crippen molar-refractivity contribution in [1.82, 2.24) is 0 Å². The largest absolute Gasteiger partial charge is 0.389 e. The number of aliphatic hydroxyl groups excluding tert-OH is 1. The van der Waals surface area contributed by atoms with Crippen LogP contribution in [-0.2, 0) is 4.79 Å². The quantitative estimate of drug-likeness (QED) is 0.520. The zero-order chi connectivity index (χ0) is 6.15. The van der Waals surface area contributed by atoms with Crippen LogP contribution in [0.25, 0.3) is 0 Å². The van der Waals surface area contributed by atoms with Crippen molar-refractivity contribution < 1.29 is 9.90 Å². The summed E-state index contributed by atoms with van der Waals surface area (Å²) in [5, 5.41) is 8.85. The third-order valence-corrected chi connectivity index (χ3v) is 1.34. The molecule has 3 heteroatoms. The molecule has 0 radical (unpaired) electrons. The van der Waals surface area contributed by atoms with Crippen LogP contribution < -0.4 is 0 Å². The molecule has 2 nitrogen and oxygen atoms in total. The lowest BCUT2D eigenvalue weighted by Gasteiger charge is -1.88. The highest BCUT2D eigenvalue weighted by Gasteiger charge is 2.19. The van der Waals surface area contributed by atoms with E-state index in [9.17, 15) is 4.79 Å². The van der Waals surface area contributed by atoms with Crippen molar-refractivity contribution in [1.29, 1.82) is 0 Å². The van der Waals surface area contributed by atoms with Crippen LogP contribution in [0.15, 0.2) is 11.1 Å². The monoisotopic (exact) mass is 132 g/mol. The lowest BCUT2D eigenvalue weighted by Crippen LogP contribution is -1.99. The van der Waals surface area contributed by atoms with Gasteiger partial charge in [-0.25, -0.2) is 0 Å². The number of carbonyl (C=O) groups excluding carboxylic acids is 1. The standard InChI is InChI=1S/C5H5ClO2/c6-4-1-3(7)2-5(4)8/h1,3,7H,2H2. The Morgan fingerprint density at radius 1 is 1.88 bits per heavy atom.